The average molecular weight is 415 g/mol. The van der Waals surface area contributed by atoms with Gasteiger partial charge in [-0.15, -0.1) is 0 Å². The average Bonchev–Trinajstić information content (AvgIpc) is 3.23. The van der Waals surface area contributed by atoms with E-state index in [1.165, 1.54) is 0 Å². The molecule has 4 rings (SSSR count). The van der Waals surface area contributed by atoms with Crippen molar-refractivity contribution in [3.8, 4) is 11.5 Å². The normalized spacial score (nSPS) is 11.8. The minimum atomic E-state index is -0.267. The molecule has 1 atom stereocenters. The number of nitrogens with one attached hydrogen (secondary N) is 1. The van der Waals surface area contributed by atoms with E-state index in [0.717, 1.165) is 33.3 Å². The fourth-order valence-electron chi connectivity index (χ4n) is 3.74. The fourth-order valence-corrected chi connectivity index (χ4v) is 3.74. The van der Waals surface area contributed by atoms with Gasteiger partial charge in [0.05, 0.1) is 13.2 Å². The summed E-state index contributed by atoms with van der Waals surface area (Å²) in [7, 11) is 3.46. The van der Waals surface area contributed by atoms with Gasteiger partial charge in [-0.1, -0.05) is 48.0 Å². The second-order valence-electron chi connectivity index (χ2n) is 7.57. The number of nitrogens with zero attached hydrogens (tertiary/aromatic N) is 1. The van der Waals surface area contributed by atoms with Crippen LogP contribution in [0.15, 0.2) is 79.0 Å². The molecular weight excluding hydrogens is 388 g/mol. The smallest absolute Gasteiger partial charge is 0.261 e. The first-order chi connectivity index (χ1) is 15.1. The number of benzene rings is 3. The number of likely N-dealkylation sites (N-methyl/N-ethyl adjacent to an activating group) is 1. The molecule has 0 spiro atoms. The van der Waals surface area contributed by atoms with Crippen LogP contribution in [0.25, 0.3) is 10.9 Å². The summed E-state index contributed by atoms with van der Waals surface area (Å²) < 4.78 is 11.1. The first kappa shape index (κ1) is 20.5. The highest BCUT2D eigenvalue weighted by atomic mass is 16.5. The molecule has 3 aromatic carbocycles. The van der Waals surface area contributed by atoms with Crippen molar-refractivity contribution in [3.63, 3.8) is 0 Å². The molecule has 0 aliphatic heterocycles. The first-order valence-corrected chi connectivity index (χ1v) is 10.2. The number of rotatable bonds is 7. The van der Waals surface area contributed by atoms with Crippen LogP contribution in [0.4, 0.5) is 0 Å². The number of fused-ring (bicyclic) bond motifs is 1. The lowest BCUT2D eigenvalue weighted by Gasteiger charge is -2.29. The molecule has 0 saturated carbocycles. The van der Waals surface area contributed by atoms with Crippen molar-refractivity contribution in [2.75, 3.05) is 20.8 Å². The van der Waals surface area contributed by atoms with E-state index in [4.69, 9.17) is 9.47 Å². The molecule has 0 fully saturated rings. The van der Waals surface area contributed by atoms with Crippen LogP contribution in [-0.4, -0.2) is 36.6 Å². The molecule has 31 heavy (non-hydrogen) atoms. The van der Waals surface area contributed by atoms with Crippen molar-refractivity contribution < 1.29 is 14.3 Å². The Morgan fingerprint density at radius 2 is 1.65 bits per heavy atom. The monoisotopic (exact) mass is 414 g/mol. The molecule has 0 aliphatic carbocycles. The number of aromatic amines is 1. The summed E-state index contributed by atoms with van der Waals surface area (Å²) in [6.45, 7) is 1.98. The molecule has 5 heteroatoms. The van der Waals surface area contributed by atoms with Crippen molar-refractivity contribution in [1.29, 1.82) is 0 Å². The zero-order chi connectivity index (χ0) is 21.8. The maximum absolute atomic E-state index is 13.1. The maximum atomic E-state index is 13.1. The summed E-state index contributed by atoms with van der Waals surface area (Å²) >= 11 is 0. The van der Waals surface area contributed by atoms with E-state index >= 15 is 0 Å². The quantitative estimate of drug-likeness (QED) is 0.457. The number of amides is 1. The van der Waals surface area contributed by atoms with E-state index in [-0.39, 0.29) is 18.6 Å². The molecule has 0 aliphatic rings. The van der Waals surface area contributed by atoms with Gasteiger partial charge in [-0.2, -0.15) is 0 Å². The zero-order valence-electron chi connectivity index (χ0n) is 18.0. The van der Waals surface area contributed by atoms with Crippen LogP contribution >= 0.6 is 0 Å². The number of aromatic nitrogens is 1. The molecule has 1 amide bonds. The Morgan fingerprint density at radius 3 is 2.35 bits per heavy atom. The molecule has 5 nitrogen and oxygen atoms in total. The molecule has 0 saturated heterocycles. The minimum absolute atomic E-state index is 0.0332. The third kappa shape index (κ3) is 4.40. The number of carbonyl (C=O) groups excluding carboxylic acids is 1. The topological polar surface area (TPSA) is 54.6 Å². The van der Waals surface area contributed by atoms with Crippen molar-refractivity contribution >= 4 is 16.8 Å². The Bertz CT molecular complexity index is 1160. The summed E-state index contributed by atoms with van der Waals surface area (Å²) in [5, 5.41) is 1.09. The molecule has 4 aromatic rings. The Labute approximate surface area is 182 Å². The van der Waals surface area contributed by atoms with Gasteiger partial charge in [0.1, 0.15) is 11.5 Å². The van der Waals surface area contributed by atoms with Crippen molar-refractivity contribution in [3.05, 3.63) is 95.7 Å². The highest BCUT2D eigenvalue weighted by Gasteiger charge is 2.26. The van der Waals surface area contributed by atoms with Crippen LogP contribution in [0.3, 0.4) is 0 Å². The lowest BCUT2D eigenvalue weighted by molar-refractivity contribution is -0.133. The van der Waals surface area contributed by atoms with E-state index in [0.29, 0.717) is 5.75 Å². The van der Waals surface area contributed by atoms with Crippen LogP contribution in [-0.2, 0) is 4.79 Å². The molecular formula is C26H26N2O3. The van der Waals surface area contributed by atoms with Crippen molar-refractivity contribution in [2.45, 2.75) is 13.0 Å². The predicted molar refractivity (Wildman–Crippen MR) is 123 cm³/mol. The molecule has 0 unspecified atom stereocenters. The van der Waals surface area contributed by atoms with Gasteiger partial charge in [-0.25, -0.2) is 0 Å². The van der Waals surface area contributed by atoms with Gasteiger partial charge in [0.15, 0.2) is 6.61 Å². The molecule has 0 bridgehead atoms. The number of aryl methyl sites for hydroxylation is 1. The summed E-state index contributed by atoms with van der Waals surface area (Å²) in [4.78, 5) is 18.2. The Balaban J connectivity index is 1.64. The Hall–Kier alpha value is -3.73. The Kier molecular flexibility index (Phi) is 5.94. The lowest BCUT2D eigenvalue weighted by Crippen LogP contribution is -2.35. The SMILES string of the molecule is COc1ccc([C@@H](c2c[nH]c3ccccc23)N(C)C(=O)COc2ccc(C)cc2)cc1. The van der Waals surface area contributed by atoms with Gasteiger partial charge < -0.3 is 19.4 Å². The minimum Gasteiger partial charge on any atom is -0.497 e. The van der Waals surface area contributed by atoms with Gasteiger partial charge in [0.25, 0.3) is 5.91 Å². The summed E-state index contributed by atoms with van der Waals surface area (Å²) in [6, 6.07) is 23.4. The van der Waals surface area contributed by atoms with Crippen LogP contribution in [0.5, 0.6) is 11.5 Å². The van der Waals surface area contributed by atoms with Gasteiger partial charge in [0.2, 0.25) is 0 Å². The van der Waals surface area contributed by atoms with Crippen LogP contribution in [0.2, 0.25) is 0 Å². The highest BCUT2D eigenvalue weighted by molar-refractivity contribution is 5.85. The number of hydrogen-bond donors (Lipinski definition) is 1. The third-order valence-electron chi connectivity index (χ3n) is 5.51. The number of para-hydroxylation sites is 1. The third-order valence-corrected chi connectivity index (χ3v) is 5.51. The number of H-pyrrole nitrogens is 1. The van der Waals surface area contributed by atoms with Gasteiger partial charge in [0, 0.05) is 29.7 Å². The number of carbonyl (C=O) groups is 1. The van der Waals surface area contributed by atoms with E-state index in [2.05, 4.69) is 11.1 Å². The van der Waals surface area contributed by atoms with Crippen molar-refractivity contribution in [2.24, 2.45) is 0 Å². The molecule has 1 N–H and O–H groups in total. The largest absolute Gasteiger partial charge is 0.497 e. The lowest BCUT2D eigenvalue weighted by atomic mass is 9.96. The Morgan fingerprint density at radius 1 is 0.968 bits per heavy atom. The molecule has 0 radical (unpaired) electrons. The number of hydrogen-bond acceptors (Lipinski definition) is 3. The second kappa shape index (κ2) is 8.96. The predicted octanol–water partition coefficient (Wildman–Crippen LogP) is 5.11. The van der Waals surface area contributed by atoms with Crippen LogP contribution in [0, 0.1) is 6.92 Å². The zero-order valence-corrected chi connectivity index (χ0v) is 18.0. The number of ether oxygens (including phenoxy) is 2. The molecule has 158 valence electrons. The first-order valence-electron chi connectivity index (χ1n) is 10.2. The molecule has 1 heterocycles. The van der Waals surface area contributed by atoms with Gasteiger partial charge in [-0.05, 0) is 42.8 Å². The summed E-state index contributed by atoms with van der Waals surface area (Å²) in [5.41, 5.74) is 4.21. The van der Waals surface area contributed by atoms with Gasteiger partial charge in [-0.3, -0.25) is 4.79 Å². The molecule has 1 aromatic heterocycles. The number of methoxy groups -OCH3 is 1. The maximum Gasteiger partial charge on any atom is 0.261 e. The highest BCUT2D eigenvalue weighted by Crippen LogP contribution is 2.34. The van der Waals surface area contributed by atoms with Crippen LogP contribution < -0.4 is 9.47 Å². The second-order valence-corrected chi connectivity index (χ2v) is 7.57. The van der Waals surface area contributed by atoms with E-state index in [9.17, 15) is 4.79 Å². The van der Waals surface area contributed by atoms with E-state index in [1.54, 1.807) is 12.0 Å². The van der Waals surface area contributed by atoms with Crippen molar-refractivity contribution in [1.82, 2.24) is 9.88 Å². The summed E-state index contributed by atoms with van der Waals surface area (Å²) in [5.74, 6) is 1.35. The van der Waals surface area contributed by atoms with Crippen LogP contribution in [0.1, 0.15) is 22.7 Å². The van der Waals surface area contributed by atoms with Gasteiger partial charge >= 0.3 is 0 Å². The standard InChI is InChI=1S/C26H26N2O3/c1-18-8-12-21(13-9-18)31-17-25(29)28(2)26(19-10-14-20(30-3)15-11-19)23-16-27-24-7-5-4-6-22(23)24/h4-16,26-27H,17H2,1-3H3/t26-/m0/s1. The van der Waals surface area contributed by atoms with E-state index < -0.39 is 0 Å². The van der Waals surface area contributed by atoms with E-state index in [1.807, 2.05) is 86.9 Å². The fraction of sp³-hybridized carbons (Fsp3) is 0.192. The summed E-state index contributed by atoms with van der Waals surface area (Å²) in [6.07, 6.45) is 1.98.